The minimum absolute atomic E-state index is 0.316. The number of hydrogen-bond donors (Lipinski definition) is 2. The van der Waals surface area contributed by atoms with Crippen LogP contribution in [0.1, 0.15) is 94.2 Å². The molecule has 1 atom stereocenters. The lowest BCUT2D eigenvalue weighted by Gasteiger charge is -2.27. The van der Waals surface area contributed by atoms with Crippen molar-refractivity contribution < 1.29 is 0 Å². The third kappa shape index (κ3) is 5.12. The average Bonchev–Trinajstić information content (AvgIpc) is 2.45. The third-order valence-corrected chi connectivity index (χ3v) is 4.94. The fourth-order valence-corrected chi connectivity index (χ4v) is 3.25. The van der Waals surface area contributed by atoms with Gasteiger partial charge in [-0.3, -0.25) is 11.3 Å². The van der Waals surface area contributed by atoms with Crippen molar-refractivity contribution in [1.82, 2.24) is 5.43 Å². The van der Waals surface area contributed by atoms with Crippen LogP contribution in [0, 0.1) is 0 Å². The molecule has 0 amide bonds. The van der Waals surface area contributed by atoms with E-state index >= 15 is 0 Å². The Morgan fingerprint density at radius 1 is 1.14 bits per heavy atom. The molecule has 0 spiro atoms. The highest BCUT2D eigenvalue weighted by Gasteiger charge is 2.20. The lowest BCUT2D eigenvalue weighted by molar-refractivity contribution is 0.418. The number of nitrogens with two attached hydrogens (primary N) is 1. The summed E-state index contributed by atoms with van der Waals surface area (Å²) in [5.41, 5.74) is 5.91. The summed E-state index contributed by atoms with van der Waals surface area (Å²) in [6.45, 7) is 2.27. The van der Waals surface area contributed by atoms with E-state index in [9.17, 15) is 0 Å². The van der Waals surface area contributed by atoms with Crippen LogP contribution in [0.25, 0.3) is 0 Å². The average molecular weight is 288 g/mol. The van der Waals surface area contributed by atoms with Gasteiger partial charge < -0.3 is 0 Å². The van der Waals surface area contributed by atoms with Gasteiger partial charge in [-0.2, -0.15) is 0 Å². The van der Waals surface area contributed by atoms with Crippen molar-refractivity contribution >= 4 is 0 Å². The van der Waals surface area contributed by atoms with E-state index in [2.05, 4.69) is 36.6 Å². The van der Waals surface area contributed by atoms with Crippen LogP contribution in [0.4, 0.5) is 0 Å². The van der Waals surface area contributed by atoms with E-state index < -0.39 is 0 Å². The second kappa shape index (κ2) is 9.22. The molecule has 21 heavy (non-hydrogen) atoms. The van der Waals surface area contributed by atoms with E-state index in [1.165, 1.54) is 68.9 Å². The topological polar surface area (TPSA) is 38.0 Å². The fraction of sp³-hybridized carbons (Fsp3) is 0.684. The summed E-state index contributed by atoms with van der Waals surface area (Å²) in [7, 11) is 0. The van der Waals surface area contributed by atoms with Gasteiger partial charge in [-0.05, 0) is 36.3 Å². The maximum atomic E-state index is 5.79. The van der Waals surface area contributed by atoms with Gasteiger partial charge in [0.25, 0.3) is 0 Å². The summed E-state index contributed by atoms with van der Waals surface area (Å²) in [6.07, 6.45) is 13.3. The standard InChI is InChI=1S/C19H32N2/c1-2-3-4-5-6-7-14-19(21-20)18-13-9-12-17(15-18)16-10-8-11-16/h9,12-13,15-16,19,21H,2-8,10-11,14,20H2,1H3. The van der Waals surface area contributed by atoms with Crippen molar-refractivity contribution in [2.75, 3.05) is 0 Å². The number of rotatable bonds is 10. The van der Waals surface area contributed by atoms with Gasteiger partial charge >= 0.3 is 0 Å². The highest BCUT2D eigenvalue weighted by Crippen LogP contribution is 2.37. The predicted molar refractivity (Wildman–Crippen MR) is 91.1 cm³/mol. The van der Waals surface area contributed by atoms with Gasteiger partial charge in [-0.1, -0.05) is 76.1 Å². The molecular weight excluding hydrogens is 256 g/mol. The highest BCUT2D eigenvalue weighted by molar-refractivity contribution is 5.29. The predicted octanol–water partition coefficient (Wildman–Crippen LogP) is 5.21. The third-order valence-electron chi connectivity index (χ3n) is 4.94. The van der Waals surface area contributed by atoms with E-state index in [1.54, 1.807) is 0 Å². The van der Waals surface area contributed by atoms with Gasteiger partial charge in [0.1, 0.15) is 0 Å². The molecule has 3 N–H and O–H groups in total. The zero-order valence-electron chi connectivity index (χ0n) is 13.6. The van der Waals surface area contributed by atoms with Crippen molar-refractivity contribution in [2.45, 2.75) is 83.1 Å². The Labute approximate surface area is 130 Å². The first-order valence-electron chi connectivity index (χ1n) is 8.91. The van der Waals surface area contributed by atoms with Gasteiger partial charge in [0.2, 0.25) is 0 Å². The maximum Gasteiger partial charge on any atom is 0.0460 e. The first kappa shape index (κ1) is 16.5. The van der Waals surface area contributed by atoms with Crippen LogP contribution in [0.2, 0.25) is 0 Å². The molecule has 1 aromatic carbocycles. The quantitative estimate of drug-likeness (QED) is 0.352. The maximum absolute atomic E-state index is 5.79. The molecule has 1 aliphatic rings. The van der Waals surface area contributed by atoms with Crippen LogP contribution in [0.3, 0.4) is 0 Å². The molecule has 118 valence electrons. The number of nitrogens with one attached hydrogen (secondary N) is 1. The monoisotopic (exact) mass is 288 g/mol. The molecule has 0 heterocycles. The molecule has 1 aromatic rings. The summed E-state index contributed by atoms with van der Waals surface area (Å²) in [6, 6.07) is 9.41. The smallest absolute Gasteiger partial charge is 0.0460 e. The molecule has 0 aromatic heterocycles. The molecule has 0 saturated heterocycles. The van der Waals surface area contributed by atoms with Gasteiger partial charge in [-0.15, -0.1) is 0 Å². The Balaban J connectivity index is 1.79. The SMILES string of the molecule is CCCCCCCCC(NN)c1cccc(C2CCC2)c1. The highest BCUT2D eigenvalue weighted by atomic mass is 15.2. The summed E-state index contributed by atoms with van der Waals surface area (Å²) in [5, 5.41) is 0. The molecule has 1 aliphatic carbocycles. The van der Waals surface area contributed by atoms with E-state index in [4.69, 9.17) is 5.84 Å². The van der Waals surface area contributed by atoms with Crippen molar-refractivity contribution in [1.29, 1.82) is 0 Å². The van der Waals surface area contributed by atoms with E-state index in [0.717, 1.165) is 12.3 Å². The van der Waals surface area contributed by atoms with E-state index in [-0.39, 0.29) is 0 Å². The zero-order valence-corrected chi connectivity index (χ0v) is 13.6. The first-order valence-corrected chi connectivity index (χ1v) is 8.91. The second-order valence-corrected chi connectivity index (χ2v) is 6.57. The van der Waals surface area contributed by atoms with Crippen LogP contribution in [-0.4, -0.2) is 0 Å². The lowest BCUT2D eigenvalue weighted by atomic mass is 9.79. The molecule has 0 aliphatic heterocycles. The van der Waals surface area contributed by atoms with Crippen LogP contribution < -0.4 is 11.3 Å². The summed E-state index contributed by atoms with van der Waals surface area (Å²) >= 11 is 0. The Kier molecular flexibility index (Phi) is 7.25. The van der Waals surface area contributed by atoms with Gasteiger partial charge in [0.15, 0.2) is 0 Å². The number of hydrogen-bond acceptors (Lipinski definition) is 2. The molecular formula is C19H32N2. The normalized spacial score (nSPS) is 16.7. The molecule has 2 rings (SSSR count). The summed E-state index contributed by atoms with van der Waals surface area (Å²) in [4.78, 5) is 0. The van der Waals surface area contributed by atoms with Crippen molar-refractivity contribution in [3.63, 3.8) is 0 Å². The summed E-state index contributed by atoms with van der Waals surface area (Å²) in [5.74, 6) is 6.59. The number of unbranched alkanes of at least 4 members (excludes halogenated alkanes) is 5. The Bertz CT molecular complexity index is 398. The molecule has 0 radical (unpaired) electrons. The van der Waals surface area contributed by atoms with Crippen LogP contribution in [-0.2, 0) is 0 Å². The summed E-state index contributed by atoms with van der Waals surface area (Å²) < 4.78 is 0. The molecule has 1 fully saturated rings. The lowest BCUT2D eigenvalue weighted by Crippen LogP contribution is -2.28. The van der Waals surface area contributed by atoms with Crippen molar-refractivity contribution in [3.8, 4) is 0 Å². The molecule has 0 bridgehead atoms. The Morgan fingerprint density at radius 2 is 1.90 bits per heavy atom. The zero-order chi connectivity index (χ0) is 14.9. The van der Waals surface area contributed by atoms with Crippen LogP contribution in [0.5, 0.6) is 0 Å². The van der Waals surface area contributed by atoms with Crippen LogP contribution in [0.15, 0.2) is 24.3 Å². The van der Waals surface area contributed by atoms with Crippen LogP contribution >= 0.6 is 0 Å². The van der Waals surface area contributed by atoms with Gasteiger partial charge in [0, 0.05) is 6.04 Å². The first-order chi connectivity index (χ1) is 10.3. The molecule has 2 nitrogen and oxygen atoms in total. The second-order valence-electron chi connectivity index (χ2n) is 6.57. The Hall–Kier alpha value is -0.860. The van der Waals surface area contributed by atoms with Crippen molar-refractivity contribution in [3.05, 3.63) is 35.4 Å². The largest absolute Gasteiger partial charge is 0.271 e. The molecule has 1 saturated carbocycles. The van der Waals surface area contributed by atoms with Gasteiger partial charge in [0.05, 0.1) is 0 Å². The number of benzene rings is 1. The van der Waals surface area contributed by atoms with E-state index in [1.807, 2.05) is 0 Å². The minimum Gasteiger partial charge on any atom is -0.271 e. The van der Waals surface area contributed by atoms with Crippen molar-refractivity contribution in [2.24, 2.45) is 5.84 Å². The minimum atomic E-state index is 0.316. The molecule has 2 heteroatoms. The number of hydrazine groups is 1. The Morgan fingerprint density at radius 3 is 2.57 bits per heavy atom. The van der Waals surface area contributed by atoms with E-state index in [0.29, 0.717) is 6.04 Å². The van der Waals surface area contributed by atoms with Gasteiger partial charge in [-0.25, -0.2) is 0 Å². The fourth-order valence-electron chi connectivity index (χ4n) is 3.25. The molecule has 1 unspecified atom stereocenters.